The highest BCUT2D eigenvalue weighted by atomic mass is 16.7. The van der Waals surface area contributed by atoms with E-state index < -0.39 is 0 Å². The molecule has 0 bridgehead atoms. The highest BCUT2D eigenvalue weighted by Crippen LogP contribution is 2.33. The standard InChI is InChI=1S/C16H25NO3/c1-5-17-13(10-15-19-6-7-20-15)16-12(3)8-11(2)9-14(16)18-4/h8-9,13,15,17H,5-7,10H2,1-4H3. The van der Waals surface area contributed by atoms with E-state index in [9.17, 15) is 0 Å². The number of hydrogen-bond acceptors (Lipinski definition) is 4. The molecule has 20 heavy (non-hydrogen) atoms. The molecule has 1 fully saturated rings. The maximum Gasteiger partial charge on any atom is 0.159 e. The molecule has 1 N–H and O–H groups in total. The van der Waals surface area contributed by atoms with E-state index in [0.717, 1.165) is 18.7 Å². The third-order valence-corrected chi connectivity index (χ3v) is 3.63. The lowest BCUT2D eigenvalue weighted by Gasteiger charge is -2.25. The van der Waals surface area contributed by atoms with Gasteiger partial charge in [0.2, 0.25) is 0 Å². The van der Waals surface area contributed by atoms with E-state index in [1.807, 2.05) is 0 Å². The molecule has 0 saturated carbocycles. The SMILES string of the molecule is CCNC(CC1OCCO1)c1c(C)cc(C)cc1OC. The number of hydrogen-bond donors (Lipinski definition) is 1. The summed E-state index contributed by atoms with van der Waals surface area (Å²) in [6.07, 6.45) is 0.679. The molecule has 1 atom stereocenters. The Labute approximate surface area is 121 Å². The van der Waals surface area contributed by atoms with Gasteiger partial charge in [0.15, 0.2) is 6.29 Å². The minimum Gasteiger partial charge on any atom is -0.496 e. The molecule has 112 valence electrons. The molecule has 0 radical (unpaired) electrons. The fourth-order valence-corrected chi connectivity index (χ4v) is 2.84. The highest BCUT2D eigenvalue weighted by Gasteiger charge is 2.25. The predicted octanol–water partition coefficient (Wildman–Crippen LogP) is 2.73. The van der Waals surface area contributed by atoms with Crippen molar-refractivity contribution in [3.63, 3.8) is 0 Å². The van der Waals surface area contributed by atoms with E-state index in [-0.39, 0.29) is 12.3 Å². The Bertz CT molecular complexity index is 442. The van der Waals surface area contributed by atoms with Gasteiger partial charge in [-0.3, -0.25) is 0 Å². The molecule has 1 aliphatic rings. The zero-order valence-electron chi connectivity index (χ0n) is 12.9. The lowest BCUT2D eigenvalue weighted by molar-refractivity contribution is -0.0530. The first-order valence-electron chi connectivity index (χ1n) is 7.27. The monoisotopic (exact) mass is 279 g/mol. The lowest BCUT2D eigenvalue weighted by Crippen LogP contribution is -2.27. The molecule has 0 aliphatic carbocycles. The zero-order chi connectivity index (χ0) is 14.5. The summed E-state index contributed by atoms with van der Waals surface area (Å²) >= 11 is 0. The van der Waals surface area contributed by atoms with Gasteiger partial charge in [-0.2, -0.15) is 0 Å². The molecular weight excluding hydrogens is 254 g/mol. The van der Waals surface area contributed by atoms with Crippen LogP contribution in [-0.4, -0.2) is 33.2 Å². The van der Waals surface area contributed by atoms with Gasteiger partial charge in [0.1, 0.15) is 5.75 Å². The number of ether oxygens (including phenoxy) is 3. The van der Waals surface area contributed by atoms with Gasteiger partial charge in [-0.25, -0.2) is 0 Å². The second-order valence-corrected chi connectivity index (χ2v) is 5.21. The predicted molar refractivity (Wildman–Crippen MR) is 79.2 cm³/mol. The van der Waals surface area contributed by atoms with Crippen molar-refractivity contribution in [1.82, 2.24) is 5.32 Å². The van der Waals surface area contributed by atoms with Crippen LogP contribution < -0.4 is 10.1 Å². The Morgan fingerprint density at radius 2 is 2.00 bits per heavy atom. The number of nitrogens with one attached hydrogen (secondary N) is 1. The van der Waals surface area contributed by atoms with Gasteiger partial charge < -0.3 is 19.5 Å². The molecule has 1 aliphatic heterocycles. The van der Waals surface area contributed by atoms with E-state index in [1.54, 1.807) is 7.11 Å². The molecule has 0 spiro atoms. The fraction of sp³-hybridized carbons (Fsp3) is 0.625. The Morgan fingerprint density at radius 3 is 2.60 bits per heavy atom. The number of methoxy groups -OCH3 is 1. The third-order valence-electron chi connectivity index (χ3n) is 3.63. The average Bonchev–Trinajstić information content (AvgIpc) is 2.90. The normalized spacial score (nSPS) is 17.4. The van der Waals surface area contributed by atoms with Crippen LogP contribution in [0.3, 0.4) is 0 Å². The molecule has 1 saturated heterocycles. The van der Waals surface area contributed by atoms with Crippen LogP contribution in [0.4, 0.5) is 0 Å². The quantitative estimate of drug-likeness (QED) is 0.869. The Balaban J connectivity index is 2.27. The van der Waals surface area contributed by atoms with Gasteiger partial charge in [0.25, 0.3) is 0 Å². The van der Waals surface area contributed by atoms with Crippen molar-refractivity contribution < 1.29 is 14.2 Å². The van der Waals surface area contributed by atoms with Gasteiger partial charge in [-0.15, -0.1) is 0 Å². The van der Waals surface area contributed by atoms with Crippen molar-refractivity contribution in [2.24, 2.45) is 0 Å². The fourth-order valence-electron chi connectivity index (χ4n) is 2.84. The molecule has 1 heterocycles. The summed E-state index contributed by atoms with van der Waals surface area (Å²) in [5, 5.41) is 3.52. The molecule has 1 aromatic rings. The van der Waals surface area contributed by atoms with Crippen LogP contribution in [0.15, 0.2) is 12.1 Å². The van der Waals surface area contributed by atoms with Crippen molar-refractivity contribution in [2.45, 2.75) is 39.5 Å². The summed E-state index contributed by atoms with van der Waals surface area (Å²) < 4.78 is 16.7. The Morgan fingerprint density at radius 1 is 1.30 bits per heavy atom. The molecule has 1 aromatic carbocycles. The van der Waals surface area contributed by atoms with Crippen LogP contribution >= 0.6 is 0 Å². The second kappa shape index (κ2) is 7.07. The maximum atomic E-state index is 5.59. The number of aryl methyl sites for hydroxylation is 2. The minimum atomic E-state index is -0.121. The van der Waals surface area contributed by atoms with Crippen LogP contribution in [0.25, 0.3) is 0 Å². The summed E-state index contributed by atoms with van der Waals surface area (Å²) in [5.41, 5.74) is 3.66. The van der Waals surface area contributed by atoms with Crippen molar-refractivity contribution in [3.8, 4) is 5.75 Å². The number of benzene rings is 1. The molecule has 4 heteroatoms. The molecule has 0 amide bonds. The third kappa shape index (κ3) is 3.51. The summed E-state index contributed by atoms with van der Waals surface area (Å²) in [6, 6.07) is 4.46. The van der Waals surface area contributed by atoms with Gasteiger partial charge in [-0.1, -0.05) is 13.0 Å². The zero-order valence-corrected chi connectivity index (χ0v) is 12.9. The van der Waals surface area contributed by atoms with Crippen molar-refractivity contribution in [1.29, 1.82) is 0 Å². The van der Waals surface area contributed by atoms with E-state index in [4.69, 9.17) is 14.2 Å². The molecule has 0 aromatic heterocycles. The van der Waals surface area contributed by atoms with E-state index in [0.29, 0.717) is 13.2 Å². The Kier molecular flexibility index (Phi) is 5.40. The largest absolute Gasteiger partial charge is 0.496 e. The second-order valence-electron chi connectivity index (χ2n) is 5.21. The van der Waals surface area contributed by atoms with Crippen LogP contribution in [0.1, 0.15) is 36.1 Å². The van der Waals surface area contributed by atoms with Gasteiger partial charge in [0, 0.05) is 18.0 Å². The molecule has 4 nitrogen and oxygen atoms in total. The summed E-state index contributed by atoms with van der Waals surface area (Å²) in [7, 11) is 1.73. The summed E-state index contributed by atoms with van der Waals surface area (Å²) in [6.45, 7) is 8.60. The van der Waals surface area contributed by atoms with Gasteiger partial charge >= 0.3 is 0 Å². The van der Waals surface area contributed by atoms with Crippen LogP contribution in [0.5, 0.6) is 5.75 Å². The summed E-state index contributed by atoms with van der Waals surface area (Å²) in [4.78, 5) is 0. The minimum absolute atomic E-state index is 0.121. The first-order chi connectivity index (χ1) is 9.65. The van der Waals surface area contributed by atoms with Crippen molar-refractivity contribution in [2.75, 3.05) is 26.9 Å². The van der Waals surface area contributed by atoms with E-state index >= 15 is 0 Å². The van der Waals surface area contributed by atoms with E-state index in [1.165, 1.54) is 16.7 Å². The van der Waals surface area contributed by atoms with Crippen molar-refractivity contribution >= 4 is 0 Å². The first kappa shape index (κ1) is 15.3. The number of rotatable bonds is 6. The van der Waals surface area contributed by atoms with Crippen LogP contribution in [0, 0.1) is 13.8 Å². The highest BCUT2D eigenvalue weighted by molar-refractivity contribution is 5.45. The molecule has 2 rings (SSSR count). The topological polar surface area (TPSA) is 39.7 Å². The first-order valence-corrected chi connectivity index (χ1v) is 7.27. The molecule has 1 unspecified atom stereocenters. The Hall–Kier alpha value is -1.10. The molecular formula is C16H25NO3. The van der Waals surface area contributed by atoms with Crippen LogP contribution in [0.2, 0.25) is 0 Å². The van der Waals surface area contributed by atoms with Crippen molar-refractivity contribution in [3.05, 3.63) is 28.8 Å². The maximum absolute atomic E-state index is 5.59. The van der Waals surface area contributed by atoms with Gasteiger partial charge in [0.05, 0.1) is 20.3 Å². The van der Waals surface area contributed by atoms with E-state index in [2.05, 4.69) is 38.2 Å². The van der Waals surface area contributed by atoms with Gasteiger partial charge in [-0.05, 0) is 37.6 Å². The average molecular weight is 279 g/mol. The lowest BCUT2D eigenvalue weighted by atomic mass is 9.95. The van der Waals surface area contributed by atoms with Crippen LogP contribution in [-0.2, 0) is 9.47 Å². The smallest absolute Gasteiger partial charge is 0.159 e. The summed E-state index contributed by atoms with van der Waals surface area (Å²) in [5.74, 6) is 0.937.